The van der Waals surface area contributed by atoms with Gasteiger partial charge in [-0.2, -0.15) is 5.10 Å². The second-order valence-corrected chi connectivity index (χ2v) is 7.32. The molecule has 0 heterocycles. The lowest BCUT2D eigenvalue weighted by Crippen LogP contribution is -2.16. The predicted molar refractivity (Wildman–Crippen MR) is 128 cm³/mol. The van der Waals surface area contributed by atoms with Gasteiger partial charge in [0.25, 0.3) is 0 Å². The minimum atomic E-state index is 0.620. The minimum Gasteiger partial charge on any atom is -0.497 e. The third kappa shape index (κ3) is 3.05. The van der Waals surface area contributed by atoms with E-state index in [0.29, 0.717) is 6.54 Å². The van der Waals surface area contributed by atoms with Gasteiger partial charge in [-0.05, 0) is 56.6 Å². The van der Waals surface area contributed by atoms with Crippen molar-refractivity contribution in [2.75, 3.05) is 18.7 Å². The average molecular weight is 390 g/mol. The van der Waals surface area contributed by atoms with Gasteiger partial charge >= 0.3 is 0 Å². The summed E-state index contributed by atoms with van der Waals surface area (Å²) in [6.07, 6.45) is 3.80. The summed E-state index contributed by atoms with van der Waals surface area (Å²) in [6, 6.07) is 27.5. The summed E-state index contributed by atoms with van der Waals surface area (Å²) in [7, 11) is 1.67. The molecule has 5 aromatic rings. The highest BCUT2D eigenvalue weighted by Gasteiger charge is 2.10. The summed E-state index contributed by atoms with van der Waals surface area (Å²) >= 11 is 0. The lowest BCUT2D eigenvalue weighted by atomic mass is 9.92. The molecule has 5 aromatic carbocycles. The summed E-state index contributed by atoms with van der Waals surface area (Å²) in [6.45, 7) is 4.50. The average Bonchev–Trinajstić information content (AvgIpc) is 2.81. The maximum absolute atomic E-state index is 5.27. The highest BCUT2D eigenvalue weighted by atomic mass is 16.5. The van der Waals surface area contributed by atoms with Gasteiger partial charge in [0.15, 0.2) is 0 Å². The van der Waals surface area contributed by atoms with Gasteiger partial charge in [-0.15, -0.1) is 6.58 Å². The molecule has 0 amide bonds. The summed E-state index contributed by atoms with van der Waals surface area (Å²) in [4.78, 5) is 0. The van der Waals surface area contributed by atoms with Gasteiger partial charge < -0.3 is 4.74 Å². The molecule has 30 heavy (non-hydrogen) atoms. The molecule has 0 N–H and O–H groups in total. The Labute approximate surface area is 175 Å². The number of hydrogen-bond donors (Lipinski definition) is 0. The Bertz CT molecular complexity index is 1350. The van der Waals surface area contributed by atoms with E-state index in [0.717, 1.165) is 17.0 Å². The van der Waals surface area contributed by atoms with Crippen molar-refractivity contribution >= 4 is 44.2 Å². The number of hydrogen-bond acceptors (Lipinski definition) is 3. The number of ether oxygens (including phenoxy) is 1. The normalized spacial score (nSPS) is 11.6. The van der Waals surface area contributed by atoms with Crippen LogP contribution in [-0.4, -0.2) is 19.9 Å². The molecule has 0 aromatic heterocycles. The first kappa shape index (κ1) is 18.2. The van der Waals surface area contributed by atoms with Crippen LogP contribution in [-0.2, 0) is 0 Å². The van der Waals surface area contributed by atoms with Crippen molar-refractivity contribution in [2.24, 2.45) is 5.10 Å². The van der Waals surface area contributed by atoms with E-state index in [4.69, 9.17) is 9.84 Å². The molecule has 0 spiro atoms. The first-order valence-electron chi connectivity index (χ1n) is 10.0. The van der Waals surface area contributed by atoms with E-state index in [9.17, 15) is 0 Å². The fourth-order valence-corrected chi connectivity index (χ4v) is 4.10. The Morgan fingerprint density at radius 1 is 0.833 bits per heavy atom. The van der Waals surface area contributed by atoms with Gasteiger partial charge in [0, 0.05) is 5.56 Å². The largest absolute Gasteiger partial charge is 0.497 e. The lowest BCUT2D eigenvalue weighted by molar-refractivity contribution is 0.415. The van der Waals surface area contributed by atoms with Gasteiger partial charge in [0.05, 0.1) is 25.6 Å². The fraction of sp³-hybridized carbons (Fsp3) is 0.0741. The molecule has 0 saturated carbocycles. The first-order chi connectivity index (χ1) is 14.8. The summed E-state index contributed by atoms with van der Waals surface area (Å²) in [5, 5.41) is 14.4. The zero-order chi connectivity index (χ0) is 20.5. The minimum absolute atomic E-state index is 0.620. The van der Waals surface area contributed by atoms with Crippen LogP contribution < -0.4 is 9.75 Å². The first-order valence-corrected chi connectivity index (χ1v) is 10.0. The van der Waals surface area contributed by atoms with Crippen LogP contribution in [0.3, 0.4) is 0 Å². The second kappa shape index (κ2) is 7.53. The number of benzene rings is 5. The molecule has 0 atom stereocenters. The predicted octanol–water partition coefficient (Wildman–Crippen LogP) is 6.62. The molecule has 146 valence electrons. The van der Waals surface area contributed by atoms with Gasteiger partial charge in [0.2, 0.25) is 0 Å². The maximum Gasteiger partial charge on any atom is 0.119 e. The second-order valence-electron chi connectivity index (χ2n) is 7.32. The molecule has 0 bridgehead atoms. The SMILES string of the molecule is C=CCN(/N=C/c1ccc2ccc3cccc4ccc1c2c34)c1ccc(OC)cc1. The van der Waals surface area contributed by atoms with Crippen molar-refractivity contribution in [3.8, 4) is 5.75 Å². The van der Waals surface area contributed by atoms with E-state index in [1.54, 1.807) is 7.11 Å². The van der Waals surface area contributed by atoms with Crippen LogP contribution in [0.5, 0.6) is 5.75 Å². The van der Waals surface area contributed by atoms with E-state index in [1.807, 2.05) is 41.6 Å². The monoisotopic (exact) mass is 390 g/mol. The lowest BCUT2D eigenvalue weighted by Gasteiger charge is -2.18. The molecule has 0 aliphatic rings. The Hall–Kier alpha value is -3.85. The topological polar surface area (TPSA) is 24.8 Å². The number of nitrogens with zero attached hydrogens (tertiary/aromatic N) is 2. The number of hydrazone groups is 1. The Balaban J connectivity index is 1.60. The molecule has 0 aliphatic heterocycles. The van der Waals surface area contributed by atoms with Crippen LogP contribution in [0.1, 0.15) is 5.56 Å². The Morgan fingerprint density at radius 2 is 1.50 bits per heavy atom. The molecule has 0 radical (unpaired) electrons. The van der Waals surface area contributed by atoms with Gasteiger partial charge in [-0.3, -0.25) is 5.01 Å². The fourth-order valence-electron chi connectivity index (χ4n) is 4.10. The van der Waals surface area contributed by atoms with Crippen molar-refractivity contribution in [3.63, 3.8) is 0 Å². The maximum atomic E-state index is 5.27. The van der Waals surface area contributed by atoms with Crippen LogP contribution in [0.25, 0.3) is 32.3 Å². The molecule has 0 saturated heterocycles. The molecule has 0 aliphatic carbocycles. The molecular weight excluding hydrogens is 368 g/mol. The standard InChI is InChI=1S/C27H22N2O/c1-3-17-29(23-12-14-24(30-2)15-13-23)28-18-22-10-9-21-8-7-19-5-4-6-20-11-16-25(22)27(21)26(19)20/h3-16,18H,1,17H2,2H3/b28-18+. The number of rotatable bonds is 6. The number of anilines is 1. The summed E-state index contributed by atoms with van der Waals surface area (Å²) < 4.78 is 5.27. The zero-order valence-electron chi connectivity index (χ0n) is 16.9. The van der Waals surface area contributed by atoms with E-state index in [2.05, 4.69) is 61.2 Å². The van der Waals surface area contributed by atoms with Crippen molar-refractivity contribution in [3.05, 3.63) is 97.1 Å². The molecular formula is C27H22N2O. The van der Waals surface area contributed by atoms with Gasteiger partial charge in [-0.25, -0.2) is 0 Å². The molecule has 0 fully saturated rings. The van der Waals surface area contributed by atoms with Crippen LogP contribution in [0.2, 0.25) is 0 Å². The van der Waals surface area contributed by atoms with Crippen molar-refractivity contribution in [1.29, 1.82) is 0 Å². The molecule has 3 nitrogen and oxygen atoms in total. The molecule has 5 rings (SSSR count). The Kier molecular flexibility index (Phi) is 4.56. The third-order valence-corrected chi connectivity index (χ3v) is 5.57. The smallest absolute Gasteiger partial charge is 0.119 e. The number of methoxy groups -OCH3 is 1. The van der Waals surface area contributed by atoms with Crippen LogP contribution in [0.15, 0.2) is 96.6 Å². The molecule has 0 unspecified atom stereocenters. The van der Waals surface area contributed by atoms with Gasteiger partial charge in [0.1, 0.15) is 5.75 Å². The van der Waals surface area contributed by atoms with Crippen molar-refractivity contribution in [1.82, 2.24) is 0 Å². The quantitative estimate of drug-likeness (QED) is 0.141. The highest BCUT2D eigenvalue weighted by Crippen LogP contribution is 2.35. The summed E-state index contributed by atoms with van der Waals surface area (Å²) in [5.74, 6) is 0.827. The highest BCUT2D eigenvalue weighted by molar-refractivity contribution is 6.25. The zero-order valence-corrected chi connectivity index (χ0v) is 16.9. The van der Waals surface area contributed by atoms with Gasteiger partial charge in [-0.1, -0.05) is 60.7 Å². The summed E-state index contributed by atoms with van der Waals surface area (Å²) in [5.41, 5.74) is 2.09. The van der Waals surface area contributed by atoms with Crippen LogP contribution in [0, 0.1) is 0 Å². The van der Waals surface area contributed by atoms with Crippen LogP contribution >= 0.6 is 0 Å². The van der Waals surface area contributed by atoms with Crippen molar-refractivity contribution in [2.45, 2.75) is 0 Å². The Morgan fingerprint density at radius 3 is 2.20 bits per heavy atom. The van der Waals surface area contributed by atoms with E-state index in [1.165, 1.54) is 32.3 Å². The van der Waals surface area contributed by atoms with E-state index < -0.39 is 0 Å². The third-order valence-electron chi connectivity index (χ3n) is 5.57. The van der Waals surface area contributed by atoms with Crippen LogP contribution in [0.4, 0.5) is 5.69 Å². The van der Waals surface area contributed by atoms with E-state index in [-0.39, 0.29) is 0 Å². The van der Waals surface area contributed by atoms with E-state index >= 15 is 0 Å². The van der Waals surface area contributed by atoms with Crippen molar-refractivity contribution < 1.29 is 4.74 Å². The molecule has 3 heteroatoms.